The molecule has 0 radical (unpaired) electrons. The Labute approximate surface area is 132 Å². The van der Waals surface area contributed by atoms with Crippen molar-refractivity contribution < 1.29 is 13.6 Å². The molecule has 1 aromatic carbocycles. The fourth-order valence-electron chi connectivity index (χ4n) is 2.08. The van der Waals surface area contributed by atoms with Crippen molar-refractivity contribution in [2.75, 3.05) is 5.32 Å². The number of carbonyl (C=O) groups is 1. The third kappa shape index (κ3) is 4.00. The van der Waals surface area contributed by atoms with E-state index in [2.05, 4.69) is 15.3 Å². The third-order valence-corrected chi connectivity index (χ3v) is 3.23. The number of nitrogens with zero attached hydrogens (tertiary/aromatic N) is 2. The Bertz CT molecular complexity index is 786. The molecule has 0 unspecified atom stereocenters. The number of aryl methyl sites for hydroxylation is 1. The summed E-state index contributed by atoms with van der Waals surface area (Å²) in [6.45, 7) is 0. The first-order chi connectivity index (χ1) is 11.2. The topological polar surface area (TPSA) is 68.0 Å². The number of furan rings is 1. The van der Waals surface area contributed by atoms with Gasteiger partial charge < -0.3 is 4.42 Å². The Hall–Kier alpha value is -3.02. The maximum atomic E-state index is 12.8. The van der Waals surface area contributed by atoms with Gasteiger partial charge in [0, 0.05) is 12.6 Å². The zero-order valence-electron chi connectivity index (χ0n) is 12.2. The van der Waals surface area contributed by atoms with Gasteiger partial charge in [-0.2, -0.15) is 0 Å². The molecule has 6 heteroatoms. The molecule has 3 aromatic rings. The normalized spacial score (nSPS) is 10.5. The van der Waals surface area contributed by atoms with E-state index in [1.807, 2.05) is 0 Å². The lowest BCUT2D eigenvalue weighted by atomic mass is 10.1. The summed E-state index contributed by atoms with van der Waals surface area (Å²) in [4.78, 5) is 20.2. The summed E-state index contributed by atoms with van der Waals surface area (Å²) in [5, 5.41) is 2.65. The number of amides is 1. The average Bonchev–Trinajstić information content (AvgIpc) is 3.09. The van der Waals surface area contributed by atoms with E-state index in [-0.39, 0.29) is 24.1 Å². The molecule has 0 saturated heterocycles. The molecule has 1 N–H and O–H groups in total. The molecule has 23 heavy (non-hydrogen) atoms. The quantitative estimate of drug-likeness (QED) is 0.783. The standard InChI is InChI=1S/C17H14FN3O2/c18-13-6-3-12(4-7-13)5-8-16(22)21-17-19-10-9-14(20-17)15-2-1-11-23-15/h1-4,6-7,9-11H,5,8H2,(H,19,20,21,22). The van der Waals surface area contributed by atoms with Crippen LogP contribution in [0, 0.1) is 5.82 Å². The van der Waals surface area contributed by atoms with Crippen LogP contribution >= 0.6 is 0 Å². The van der Waals surface area contributed by atoms with Crippen LogP contribution in [0.1, 0.15) is 12.0 Å². The maximum Gasteiger partial charge on any atom is 0.230 e. The second-order valence-corrected chi connectivity index (χ2v) is 4.92. The van der Waals surface area contributed by atoms with E-state index in [4.69, 9.17) is 4.42 Å². The fraction of sp³-hybridized carbons (Fsp3) is 0.118. The van der Waals surface area contributed by atoms with Crippen molar-refractivity contribution >= 4 is 11.9 Å². The van der Waals surface area contributed by atoms with Gasteiger partial charge in [0.1, 0.15) is 11.5 Å². The van der Waals surface area contributed by atoms with Gasteiger partial charge in [0.25, 0.3) is 0 Å². The molecule has 1 amide bonds. The van der Waals surface area contributed by atoms with E-state index in [0.717, 1.165) is 5.56 Å². The highest BCUT2D eigenvalue weighted by molar-refractivity contribution is 5.89. The van der Waals surface area contributed by atoms with E-state index >= 15 is 0 Å². The van der Waals surface area contributed by atoms with Crippen LogP contribution in [0.15, 0.2) is 59.3 Å². The van der Waals surface area contributed by atoms with Gasteiger partial charge in [-0.3, -0.25) is 10.1 Å². The molecule has 5 nitrogen and oxygen atoms in total. The van der Waals surface area contributed by atoms with Crippen LogP contribution in [-0.2, 0) is 11.2 Å². The Morgan fingerprint density at radius 2 is 2.00 bits per heavy atom. The SMILES string of the molecule is O=C(CCc1ccc(F)cc1)Nc1nccc(-c2ccco2)n1. The minimum absolute atomic E-state index is 0.203. The molecule has 0 aliphatic carbocycles. The molecule has 0 atom stereocenters. The maximum absolute atomic E-state index is 12.8. The van der Waals surface area contributed by atoms with Crippen molar-refractivity contribution in [3.8, 4) is 11.5 Å². The second-order valence-electron chi connectivity index (χ2n) is 4.92. The Morgan fingerprint density at radius 3 is 2.74 bits per heavy atom. The van der Waals surface area contributed by atoms with Crippen LogP contribution in [0.25, 0.3) is 11.5 Å². The second kappa shape index (κ2) is 6.83. The minimum atomic E-state index is -0.290. The first-order valence-electron chi connectivity index (χ1n) is 7.12. The molecule has 0 saturated carbocycles. The molecule has 0 spiro atoms. The van der Waals surface area contributed by atoms with E-state index < -0.39 is 0 Å². The fourth-order valence-corrected chi connectivity index (χ4v) is 2.08. The van der Waals surface area contributed by atoms with Crippen LogP contribution in [0.5, 0.6) is 0 Å². The highest BCUT2D eigenvalue weighted by atomic mass is 19.1. The van der Waals surface area contributed by atoms with Gasteiger partial charge in [0.2, 0.25) is 11.9 Å². The number of nitrogens with one attached hydrogen (secondary N) is 1. The van der Waals surface area contributed by atoms with Crippen molar-refractivity contribution in [3.63, 3.8) is 0 Å². The van der Waals surface area contributed by atoms with Crippen molar-refractivity contribution in [1.29, 1.82) is 0 Å². The largest absolute Gasteiger partial charge is 0.463 e. The number of anilines is 1. The van der Waals surface area contributed by atoms with Crippen molar-refractivity contribution in [2.24, 2.45) is 0 Å². The Kier molecular flexibility index (Phi) is 4.42. The zero-order valence-corrected chi connectivity index (χ0v) is 12.2. The van der Waals surface area contributed by atoms with Crippen LogP contribution < -0.4 is 5.32 Å². The molecule has 2 aromatic heterocycles. The van der Waals surface area contributed by atoms with Crippen LogP contribution in [0.4, 0.5) is 10.3 Å². The van der Waals surface area contributed by atoms with Gasteiger partial charge in [-0.15, -0.1) is 0 Å². The minimum Gasteiger partial charge on any atom is -0.463 e. The summed E-state index contributed by atoms with van der Waals surface area (Å²) in [5.41, 5.74) is 1.49. The summed E-state index contributed by atoms with van der Waals surface area (Å²) in [7, 11) is 0. The molecular formula is C17H14FN3O2. The lowest BCUT2D eigenvalue weighted by Crippen LogP contribution is -2.14. The Balaban J connectivity index is 1.59. The number of carbonyl (C=O) groups excluding carboxylic acids is 1. The molecule has 2 heterocycles. The lowest BCUT2D eigenvalue weighted by Gasteiger charge is -2.05. The van der Waals surface area contributed by atoms with Gasteiger partial charge in [-0.25, -0.2) is 14.4 Å². The number of benzene rings is 1. The van der Waals surface area contributed by atoms with E-state index in [9.17, 15) is 9.18 Å². The molecule has 0 aliphatic heterocycles. The van der Waals surface area contributed by atoms with Crippen molar-refractivity contribution in [1.82, 2.24) is 9.97 Å². The van der Waals surface area contributed by atoms with Crippen LogP contribution in [0.3, 0.4) is 0 Å². The summed E-state index contributed by atoms with van der Waals surface area (Å²) < 4.78 is 18.1. The summed E-state index contributed by atoms with van der Waals surface area (Å²) in [6.07, 6.45) is 3.89. The predicted molar refractivity (Wildman–Crippen MR) is 83.1 cm³/mol. The summed E-state index contributed by atoms with van der Waals surface area (Å²) >= 11 is 0. The molecule has 3 rings (SSSR count). The predicted octanol–water partition coefficient (Wildman–Crippen LogP) is 3.45. The van der Waals surface area contributed by atoms with Crippen LogP contribution in [-0.4, -0.2) is 15.9 Å². The van der Waals surface area contributed by atoms with E-state index in [1.54, 1.807) is 42.8 Å². The number of aromatic nitrogens is 2. The Morgan fingerprint density at radius 1 is 1.17 bits per heavy atom. The highest BCUT2D eigenvalue weighted by Gasteiger charge is 2.08. The van der Waals surface area contributed by atoms with Crippen molar-refractivity contribution in [3.05, 3.63) is 66.3 Å². The zero-order chi connectivity index (χ0) is 16.1. The summed E-state index contributed by atoms with van der Waals surface area (Å²) in [6, 6.07) is 11.3. The van der Waals surface area contributed by atoms with Gasteiger partial charge in [0.05, 0.1) is 6.26 Å². The summed E-state index contributed by atoms with van der Waals surface area (Å²) in [5.74, 6) is 0.337. The van der Waals surface area contributed by atoms with Gasteiger partial charge in [-0.05, 0) is 42.3 Å². The number of hydrogen-bond donors (Lipinski definition) is 1. The number of rotatable bonds is 5. The lowest BCUT2D eigenvalue weighted by molar-refractivity contribution is -0.116. The number of halogens is 1. The first-order valence-corrected chi connectivity index (χ1v) is 7.12. The third-order valence-electron chi connectivity index (χ3n) is 3.23. The highest BCUT2D eigenvalue weighted by Crippen LogP contribution is 2.17. The van der Waals surface area contributed by atoms with Gasteiger partial charge in [-0.1, -0.05) is 12.1 Å². The molecule has 0 aliphatic rings. The average molecular weight is 311 g/mol. The van der Waals surface area contributed by atoms with Gasteiger partial charge >= 0.3 is 0 Å². The monoisotopic (exact) mass is 311 g/mol. The van der Waals surface area contributed by atoms with Crippen LogP contribution in [0.2, 0.25) is 0 Å². The van der Waals surface area contributed by atoms with E-state index in [1.165, 1.54) is 12.1 Å². The van der Waals surface area contributed by atoms with E-state index in [0.29, 0.717) is 17.9 Å². The first kappa shape index (κ1) is 14.9. The molecule has 0 bridgehead atoms. The molecule has 0 fully saturated rings. The van der Waals surface area contributed by atoms with Gasteiger partial charge in [0.15, 0.2) is 5.76 Å². The van der Waals surface area contributed by atoms with Crippen molar-refractivity contribution in [2.45, 2.75) is 12.8 Å². The smallest absolute Gasteiger partial charge is 0.230 e. The number of hydrogen-bond acceptors (Lipinski definition) is 4. The molecule has 116 valence electrons. The molecular weight excluding hydrogens is 297 g/mol.